The monoisotopic (exact) mass is 187 g/mol. The lowest BCUT2D eigenvalue weighted by molar-refractivity contribution is 0.677. The molecule has 1 aromatic carbocycles. The second-order valence-electron chi connectivity index (χ2n) is 3.27. The van der Waals surface area contributed by atoms with E-state index in [-0.39, 0.29) is 6.04 Å². The van der Waals surface area contributed by atoms with Crippen molar-refractivity contribution in [2.45, 2.75) is 12.5 Å². The summed E-state index contributed by atoms with van der Waals surface area (Å²) < 4.78 is 0. The average molecular weight is 187 g/mol. The molecule has 0 aliphatic heterocycles. The molecule has 0 unspecified atom stereocenters. The molecule has 1 atom stereocenters. The highest BCUT2D eigenvalue weighted by Gasteiger charge is 2.08. The second kappa shape index (κ2) is 4.07. The Hall–Kier alpha value is -1.61. The van der Waals surface area contributed by atoms with Crippen molar-refractivity contribution in [3.63, 3.8) is 0 Å². The van der Waals surface area contributed by atoms with Gasteiger partial charge < -0.3 is 10.7 Å². The molecular weight excluding hydrogens is 174 g/mol. The molecule has 3 N–H and O–H groups in total. The zero-order chi connectivity index (χ0) is 9.80. The van der Waals surface area contributed by atoms with Crippen LogP contribution in [0.3, 0.4) is 0 Å². The summed E-state index contributed by atoms with van der Waals surface area (Å²) >= 11 is 0. The largest absolute Gasteiger partial charge is 0.347 e. The van der Waals surface area contributed by atoms with E-state index in [1.807, 2.05) is 18.2 Å². The Morgan fingerprint density at radius 2 is 2.07 bits per heavy atom. The highest BCUT2D eigenvalue weighted by Crippen LogP contribution is 2.11. The molecule has 0 aliphatic rings. The molecule has 0 amide bonds. The Balaban J connectivity index is 2.06. The first-order valence-electron chi connectivity index (χ1n) is 4.65. The molecule has 3 nitrogen and oxygen atoms in total. The summed E-state index contributed by atoms with van der Waals surface area (Å²) in [7, 11) is 0. The molecule has 0 spiro atoms. The third kappa shape index (κ3) is 2.00. The third-order valence-corrected chi connectivity index (χ3v) is 2.17. The summed E-state index contributed by atoms with van der Waals surface area (Å²) in [6, 6.07) is 10.1. The van der Waals surface area contributed by atoms with Crippen molar-refractivity contribution < 1.29 is 0 Å². The van der Waals surface area contributed by atoms with Crippen LogP contribution in [-0.4, -0.2) is 9.97 Å². The molecule has 72 valence electrons. The lowest BCUT2D eigenvalue weighted by atomic mass is 10.1. The number of aromatic nitrogens is 2. The number of hydrogen-bond donors (Lipinski definition) is 2. The summed E-state index contributed by atoms with van der Waals surface area (Å²) in [6.07, 6.45) is 4.33. The van der Waals surface area contributed by atoms with E-state index in [0.717, 1.165) is 12.2 Å². The lowest BCUT2D eigenvalue weighted by Crippen LogP contribution is -2.14. The van der Waals surface area contributed by atoms with E-state index in [1.165, 1.54) is 5.56 Å². The first-order valence-corrected chi connectivity index (χ1v) is 4.65. The van der Waals surface area contributed by atoms with E-state index in [2.05, 4.69) is 22.1 Å². The molecule has 0 fully saturated rings. The molecule has 2 rings (SSSR count). The molecular formula is C11H13N3. The SMILES string of the molecule is N[C@H](Cc1ccccc1)c1ncc[nH]1. The van der Waals surface area contributed by atoms with Gasteiger partial charge in [0, 0.05) is 12.4 Å². The van der Waals surface area contributed by atoms with Crippen LogP contribution in [0.5, 0.6) is 0 Å². The van der Waals surface area contributed by atoms with Gasteiger partial charge in [0.2, 0.25) is 0 Å². The van der Waals surface area contributed by atoms with E-state index in [4.69, 9.17) is 5.73 Å². The van der Waals surface area contributed by atoms with Crippen LogP contribution in [0, 0.1) is 0 Å². The highest BCUT2D eigenvalue weighted by molar-refractivity contribution is 5.17. The van der Waals surface area contributed by atoms with Crippen molar-refractivity contribution in [1.29, 1.82) is 0 Å². The minimum Gasteiger partial charge on any atom is -0.347 e. The summed E-state index contributed by atoms with van der Waals surface area (Å²) in [5.74, 6) is 0.842. The summed E-state index contributed by atoms with van der Waals surface area (Å²) in [6.45, 7) is 0. The van der Waals surface area contributed by atoms with E-state index in [1.54, 1.807) is 12.4 Å². The second-order valence-corrected chi connectivity index (χ2v) is 3.27. The van der Waals surface area contributed by atoms with Crippen LogP contribution in [-0.2, 0) is 6.42 Å². The van der Waals surface area contributed by atoms with Crippen LogP contribution in [0.1, 0.15) is 17.4 Å². The Morgan fingerprint density at radius 3 is 2.71 bits per heavy atom. The number of aromatic amines is 1. The Bertz CT molecular complexity index is 367. The Kier molecular flexibility index (Phi) is 2.60. The molecule has 1 heterocycles. The predicted octanol–water partition coefficient (Wildman–Crippen LogP) is 1.65. The maximum atomic E-state index is 5.98. The van der Waals surface area contributed by atoms with Crippen molar-refractivity contribution >= 4 is 0 Å². The maximum Gasteiger partial charge on any atom is 0.123 e. The van der Waals surface area contributed by atoms with Crippen molar-refractivity contribution in [1.82, 2.24) is 9.97 Å². The minimum absolute atomic E-state index is 0.0487. The van der Waals surface area contributed by atoms with Gasteiger partial charge in [0.05, 0.1) is 6.04 Å². The van der Waals surface area contributed by atoms with Gasteiger partial charge in [0.15, 0.2) is 0 Å². The van der Waals surface area contributed by atoms with Gasteiger partial charge >= 0.3 is 0 Å². The number of nitrogens with one attached hydrogen (secondary N) is 1. The minimum atomic E-state index is -0.0487. The quantitative estimate of drug-likeness (QED) is 0.767. The molecule has 0 aliphatic carbocycles. The fourth-order valence-corrected chi connectivity index (χ4v) is 1.44. The van der Waals surface area contributed by atoms with Gasteiger partial charge in [-0.05, 0) is 12.0 Å². The molecule has 1 aromatic heterocycles. The first-order chi connectivity index (χ1) is 6.86. The number of imidazole rings is 1. The molecule has 3 heteroatoms. The molecule has 0 radical (unpaired) electrons. The normalized spacial score (nSPS) is 12.6. The number of nitrogens with zero attached hydrogens (tertiary/aromatic N) is 1. The van der Waals surface area contributed by atoms with Gasteiger partial charge in [-0.25, -0.2) is 4.98 Å². The molecule has 0 saturated carbocycles. The summed E-state index contributed by atoms with van der Waals surface area (Å²) in [5, 5.41) is 0. The Morgan fingerprint density at radius 1 is 1.29 bits per heavy atom. The summed E-state index contributed by atoms with van der Waals surface area (Å²) in [4.78, 5) is 7.15. The van der Waals surface area contributed by atoms with E-state index in [0.29, 0.717) is 0 Å². The van der Waals surface area contributed by atoms with Gasteiger partial charge in [-0.15, -0.1) is 0 Å². The van der Waals surface area contributed by atoms with Crippen LogP contribution < -0.4 is 5.73 Å². The van der Waals surface area contributed by atoms with Gasteiger partial charge in [-0.2, -0.15) is 0 Å². The zero-order valence-electron chi connectivity index (χ0n) is 7.85. The maximum absolute atomic E-state index is 5.98. The third-order valence-electron chi connectivity index (χ3n) is 2.17. The first kappa shape index (κ1) is 8.97. The molecule has 0 bridgehead atoms. The van der Waals surface area contributed by atoms with Crippen molar-refractivity contribution in [2.24, 2.45) is 5.73 Å². The number of benzene rings is 1. The van der Waals surface area contributed by atoms with Crippen molar-refractivity contribution in [2.75, 3.05) is 0 Å². The number of rotatable bonds is 3. The predicted molar refractivity (Wildman–Crippen MR) is 55.7 cm³/mol. The Labute approximate surface area is 83.0 Å². The van der Waals surface area contributed by atoms with Gasteiger partial charge in [0.1, 0.15) is 5.82 Å². The number of H-pyrrole nitrogens is 1. The van der Waals surface area contributed by atoms with Crippen molar-refractivity contribution in [3.8, 4) is 0 Å². The van der Waals surface area contributed by atoms with E-state index < -0.39 is 0 Å². The number of hydrogen-bond acceptors (Lipinski definition) is 2. The van der Waals surface area contributed by atoms with E-state index >= 15 is 0 Å². The standard InChI is InChI=1S/C11H13N3/c12-10(11-13-6-7-14-11)8-9-4-2-1-3-5-9/h1-7,10H,8,12H2,(H,13,14)/t10-/m1/s1. The molecule has 0 saturated heterocycles. The topological polar surface area (TPSA) is 54.7 Å². The average Bonchev–Trinajstić information content (AvgIpc) is 2.72. The van der Waals surface area contributed by atoms with Crippen molar-refractivity contribution in [3.05, 3.63) is 54.1 Å². The van der Waals surface area contributed by atoms with Crippen LogP contribution in [0.2, 0.25) is 0 Å². The fourth-order valence-electron chi connectivity index (χ4n) is 1.44. The number of nitrogens with two attached hydrogens (primary N) is 1. The summed E-state index contributed by atoms with van der Waals surface area (Å²) in [5.41, 5.74) is 7.21. The lowest BCUT2D eigenvalue weighted by Gasteiger charge is -2.08. The van der Waals surface area contributed by atoms with Crippen LogP contribution in [0.4, 0.5) is 0 Å². The van der Waals surface area contributed by atoms with Crippen LogP contribution in [0.25, 0.3) is 0 Å². The van der Waals surface area contributed by atoms with Gasteiger partial charge in [-0.3, -0.25) is 0 Å². The van der Waals surface area contributed by atoms with Crippen LogP contribution in [0.15, 0.2) is 42.7 Å². The smallest absolute Gasteiger partial charge is 0.123 e. The molecule has 14 heavy (non-hydrogen) atoms. The van der Waals surface area contributed by atoms with Crippen LogP contribution >= 0.6 is 0 Å². The highest BCUT2D eigenvalue weighted by atomic mass is 14.9. The van der Waals surface area contributed by atoms with E-state index in [9.17, 15) is 0 Å². The fraction of sp³-hybridized carbons (Fsp3) is 0.182. The zero-order valence-corrected chi connectivity index (χ0v) is 7.85. The molecule has 2 aromatic rings. The van der Waals surface area contributed by atoms with Gasteiger partial charge in [-0.1, -0.05) is 30.3 Å². The van der Waals surface area contributed by atoms with Gasteiger partial charge in [0.25, 0.3) is 0 Å².